The Morgan fingerprint density at radius 2 is 1.93 bits per heavy atom. The van der Waals surface area contributed by atoms with E-state index in [-0.39, 0.29) is 12.3 Å². The third kappa shape index (κ3) is 3.92. The average molecular weight is 443 g/mol. The number of carbonyl (C=O) groups excluding carboxylic acids is 3. The van der Waals surface area contributed by atoms with E-state index >= 15 is 0 Å². The molecule has 2 aromatic heterocycles. The highest BCUT2D eigenvalue weighted by molar-refractivity contribution is 8.18. The van der Waals surface area contributed by atoms with Gasteiger partial charge in [0.15, 0.2) is 0 Å². The van der Waals surface area contributed by atoms with Crippen molar-refractivity contribution in [2.24, 2.45) is 0 Å². The van der Waals surface area contributed by atoms with Crippen LogP contribution in [0.4, 0.5) is 4.79 Å². The second-order valence-electron chi connectivity index (χ2n) is 6.30. The molecule has 2 amide bonds. The Labute approximate surface area is 180 Å². The van der Waals surface area contributed by atoms with Gasteiger partial charge in [0.25, 0.3) is 11.1 Å². The molecule has 4 rings (SSSR count). The number of carbonyl (C=O) groups is 3. The fourth-order valence-electron chi connectivity index (χ4n) is 2.95. The molecule has 0 saturated carbocycles. The SMILES string of the molecule is COC(=O)c1ccc(CN2C(=O)S/C(=C/c3cccn3-c3ccc(Cl)cc3)C2=O)o1. The molecule has 1 fully saturated rings. The molecular weight excluding hydrogens is 428 g/mol. The molecule has 0 N–H and O–H groups in total. The summed E-state index contributed by atoms with van der Waals surface area (Å²) < 4.78 is 11.8. The molecule has 1 aliphatic rings. The van der Waals surface area contributed by atoms with Crippen molar-refractivity contribution < 1.29 is 23.5 Å². The molecule has 1 aromatic carbocycles. The molecule has 1 aliphatic heterocycles. The van der Waals surface area contributed by atoms with Gasteiger partial charge in [-0.2, -0.15) is 0 Å². The van der Waals surface area contributed by atoms with Gasteiger partial charge in [0.05, 0.1) is 18.6 Å². The molecule has 0 bridgehead atoms. The Hall–Kier alpha value is -3.23. The van der Waals surface area contributed by atoms with Crippen molar-refractivity contribution >= 4 is 46.6 Å². The second-order valence-corrected chi connectivity index (χ2v) is 7.73. The zero-order chi connectivity index (χ0) is 21.3. The molecule has 0 unspecified atom stereocenters. The zero-order valence-corrected chi connectivity index (χ0v) is 17.3. The number of methoxy groups -OCH3 is 1. The Balaban J connectivity index is 1.55. The van der Waals surface area contributed by atoms with Crippen LogP contribution < -0.4 is 0 Å². The third-order valence-corrected chi connectivity index (χ3v) is 5.56. The number of imide groups is 1. The fraction of sp³-hybridized carbons (Fsp3) is 0.0952. The summed E-state index contributed by atoms with van der Waals surface area (Å²) in [6.07, 6.45) is 3.53. The summed E-state index contributed by atoms with van der Waals surface area (Å²) in [5.41, 5.74) is 1.62. The van der Waals surface area contributed by atoms with E-state index in [4.69, 9.17) is 16.0 Å². The Morgan fingerprint density at radius 1 is 1.17 bits per heavy atom. The second kappa shape index (κ2) is 8.25. The summed E-state index contributed by atoms with van der Waals surface area (Å²) in [4.78, 5) is 38.1. The minimum Gasteiger partial charge on any atom is -0.463 e. The van der Waals surface area contributed by atoms with E-state index in [1.54, 1.807) is 18.2 Å². The van der Waals surface area contributed by atoms with Crippen LogP contribution in [0.15, 0.2) is 64.1 Å². The van der Waals surface area contributed by atoms with Gasteiger partial charge in [-0.15, -0.1) is 0 Å². The molecule has 7 nitrogen and oxygen atoms in total. The van der Waals surface area contributed by atoms with E-state index in [1.165, 1.54) is 19.2 Å². The maximum atomic E-state index is 12.8. The first-order valence-electron chi connectivity index (χ1n) is 8.82. The van der Waals surface area contributed by atoms with Crippen molar-refractivity contribution in [2.45, 2.75) is 6.54 Å². The van der Waals surface area contributed by atoms with E-state index < -0.39 is 17.1 Å². The number of ether oxygens (including phenoxy) is 1. The van der Waals surface area contributed by atoms with Gasteiger partial charge in [-0.25, -0.2) is 4.79 Å². The van der Waals surface area contributed by atoms with Gasteiger partial charge in [0, 0.05) is 22.6 Å². The monoisotopic (exact) mass is 442 g/mol. The first kappa shape index (κ1) is 20.1. The van der Waals surface area contributed by atoms with Crippen molar-refractivity contribution in [3.05, 3.63) is 81.9 Å². The number of furan rings is 1. The minimum absolute atomic E-state index is 0.0100. The van der Waals surface area contributed by atoms with Crippen molar-refractivity contribution in [2.75, 3.05) is 7.11 Å². The summed E-state index contributed by atoms with van der Waals surface area (Å²) in [5, 5.41) is 0.216. The number of thioether (sulfide) groups is 1. The lowest BCUT2D eigenvalue weighted by Crippen LogP contribution is -2.27. The van der Waals surface area contributed by atoms with E-state index in [0.717, 1.165) is 28.0 Å². The van der Waals surface area contributed by atoms with Gasteiger partial charge >= 0.3 is 5.97 Å². The van der Waals surface area contributed by atoms with Crippen LogP contribution >= 0.6 is 23.4 Å². The standard InChI is InChI=1S/C21H15ClN2O5S/c1-28-20(26)17-9-8-16(29-17)12-24-19(25)18(30-21(24)27)11-15-3-2-10-23(15)14-6-4-13(22)5-7-14/h2-11H,12H2,1H3/b18-11+. The van der Waals surface area contributed by atoms with Gasteiger partial charge < -0.3 is 13.7 Å². The molecule has 0 atom stereocenters. The van der Waals surface area contributed by atoms with Crippen LogP contribution in [0.25, 0.3) is 11.8 Å². The number of rotatable bonds is 5. The summed E-state index contributed by atoms with van der Waals surface area (Å²) in [6, 6.07) is 13.9. The van der Waals surface area contributed by atoms with Crippen LogP contribution in [0, 0.1) is 0 Å². The van der Waals surface area contributed by atoms with Crippen molar-refractivity contribution in [3.8, 4) is 5.69 Å². The first-order valence-corrected chi connectivity index (χ1v) is 10.0. The summed E-state index contributed by atoms with van der Waals surface area (Å²) in [6.45, 7) is -0.0722. The lowest BCUT2D eigenvalue weighted by molar-refractivity contribution is -0.123. The lowest BCUT2D eigenvalue weighted by Gasteiger charge is -2.10. The predicted molar refractivity (Wildman–Crippen MR) is 112 cm³/mol. The molecule has 0 radical (unpaired) electrons. The van der Waals surface area contributed by atoms with Gasteiger partial charge in [-0.05, 0) is 66.4 Å². The summed E-state index contributed by atoms with van der Waals surface area (Å²) >= 11 is 6.80. The van der Waals surface area contributed by atoms with Crippen LogP contribution in [0.2, 0.25) is 5.02 Å². The number of nitrogens with zero attached hydrogens (tertiary/aromatic N) is 2. The van der Waals surface area contributed by atoms with Crippen molar-refractivity contribution in [1.82, 2.24) is 9.47 Å². The molecule has 30 heavy (non-hydrogen) atoms. The van der Waals surface area contributed by atoms with Gasteiger partial charge in [-0.3, -0.25) is 14.5 Å². The third-order valence-electron chi connectivity index (χ3n) is 4.40. The van der Waals surface area contributed by atoms with E-state index in [1.807, 2.05) is 35.0 Å². The summed E-state index contributed by atoms with van der Waals surface area (Å²) in [7, 11) is 1.24. The molecule has 152 valence electrons. The highest BCUT2D eigenvalue weighted by atomic mass is 35.5. The zero-order valence-electron chi connectivity index (χ0n) is 15.7. The largest absolute Gasteiger partial charge is 0.463 e. The van der Waals surface area contributed by atoms with Crippen molar-refractivity contribution in [1.29, 1.82) is 0 Å². The fourth-order valence-corrected chi connectivity index (χ4v) is 3.90. The smallest absolute Gasteiger partial charge is 0.373 e. The molecular formula is C21H15ClN2O5S. The van der Waals surface area contributed by atoms with E-state index in [2.05, 4.69) is 4.74 Å². The summed E-state index contributed by atoms with van der Waals surface area (Å²) in [5.74, 6) is -0.734. The van der Waals surface area contributed by atoms with E-state index in [9.17, 15) is 14.4 Å². The molecule has 3 aromatic rings. The molecule has 0 spiro atoms. The molecule has 3 heterocycles. The molecule has 9 heteroatoms. The Kier molecular flexibility index (Phi) is 5.52. The molecule has 1 saturated heterocycles. The average Bonchev–Trinajstić information content (AvgIpc) is 3.45. The van der Waals surface area contributed by atoms with Crippen LogP contribution in [-0.2, 0) is 16.1 Å². The number of esters is 1. The number of amides is 2. The van der Waals surface area contributed by atoms with Crippen LogP contribution in [-0.4, -0.2) is 33.7 Å². The predicted octanol–water partition coefficient (Wildman–Crippen LogP) is 4.75. The number of hydrogen-bond donors (Lipinski definition) is 0. The van der Waals surface area contributed by atoms with Crippen LogP contribution in [0.1, 0.15) is 22.0 Å². The molecule has 0 aliphatic carbocycles. The minimum atomic E-state index is -0.627. The van der Waals surface area contributed by atoms with Crippen LogP contribution in [0.5, 0.6) is 0 Å². The van der Waals surface area contributed by atoms with Gasteiger partial charge in [0.1, 0.15) is 5.76 Å². The Bertz CT molecular complexity index is 1160. The van der Waals surface area contributed by atoms with Crippen molar-refractivity contribution in [3.63, 3.8) is 0 Å². The quantitative estimate of drug-likeness (QED) is 0.419. The Morgan fingerprint density at radius 3 is 2.67 bits per heavy atom. The number of aromatic nitrogens is 1. The lowest BCUT2D eigenvalue weighted by atomic mass is 10.3. The highest BCUT2D eigenvalue weighted by Gasteiger charge is 2.36. The maximum Gasteiger partial charge on any atom is 0.373 e. The number of benzene rings is 1. The number of hydrogen-bond acceptors (Lipinski definition) is 6. The maximum absolute atomic E-state index is 12.8. The highest BCUT2D eigenvalue weighted by Crippen LogP contribution is 2.34. The topological polar surface area (TPSA) is 81.8 Å². The van der Waals surface area contributed by atoms with E-state index in [0.29, 0.717) is 15.7 Å². The van der Waals surface area contributed by atoms with Gasteiger partial charge in [-0.1, -0.05) is 11.6 Å². The first-order chi connectivity index (χ1) is 14.5. The number of halogens is 1. The van der Waals surface area contributed by atoms with Crippen LogP contribution in [0.3, 0.4) is 0 Å². The normalized spacial score (nSPS) is 15.3. The van der Waals surface area contributed by atoms with Gasteiger partial charge in [0.2, 0.25) is 5.76 Å².